The SMILES string of the molecule is c1ccc(-c2ccc(N(c3ccc(-c4ccc(-n5c6ccccc6c6c7ccccc7ccc65)cc4)cc3)c3ccc(-c4cccc5oc6ccccc6c45)cc3)cc2)cc1. The van der Waals surface area contributed by atoms with Crippen LogP contribution in [0.5, 0.6) is 0 Å². The van der Waals surface area contributed by atoms with E-state index >= 15 is 0 Å². The Hall–Kier alpha value is -8.14. The van der Waals surface area contributed by atoms with E-state index in [0.717, 1.165) is 55.8 Å². The van der Waals surface area contributed by atoms with Gasteiger partial charge in [-0.1, -0.05) is 158 Å². The summed E-state index contributed by atoms with van der Waals surface area (Å²) < 4.78 is 8.63. The first-order valence-corrected chi connectivity index (χ1v) is 20.8. The number of anilines is 3. The molecule has 0 spiro atoms. The van der Waals surface area contributed by atoms with Crippen molar-refractivity contribution in [3.05, 3.63) is 231 Å². The summed E-state index contributed by atoms with van der Waals surface area (Å²) >= 11 is 0. The quantitative estimate of drug-likeness (QED) is 0.161. The average molecular weight is 779 g/mol. The highest BCUT2D eigenvalue weighted by molar-refractivity contribution is 6.21. The van der Waals surface area contributed by atoms with Crippen LogP contribution in [-0.2, 0) is 0 Å². The lowest BCUT2D eigenvalue weighted by Gasteiger charge is -2.26. The van der Waals surface area contributed by atoms with Gasteiger partial charge in [0.1, 0.15) is 11.2 Å². The molecule has 0 N–H and O–H groups in total. The van der Waals surface area contributed by atoms with Gasteiger partial charge in [0.15, 0.2) is 0 Å². The highest BCUT2D eigenvalue weighted by Crippen LogP contribution is 2.41. The van der Waals surface area contributed by atoms with Gasteiger partial charge in [-0.25, -0.2) is 0 Å². The molecule has 0 atom stereocenters. The number of nitrogens with zero attached hydrogens (tertiary/aromatic N) is 2. The second kappa shape index (κ2) is 14.3. The summed E-state index contributed by atoms with van der Waals surface area (Å²) in [5.74, 6) is 0. The van der Waals surface area contributed by atoms with Crippen LogP contribution in [-0.4, -0.2) is 4.57 Å². The van der Waals surface area contributed by atoms with E-state index in [2.05, 4.69) is 228 Å². The fourth-order valence-electron chi connectivity index (χ4n) is 9.31. The van der Waals surface area contributed by atoms with Crippen LogP contribution in [0.1, 0.15) is 0 Å². The molecule has 0 aliphatic carbocycles. The number of aromatic nitrogens is 1. The van der Waals surface area contributed by atoms with Crippen molar-refractivity contribution in [3.63, 3.8) is 0 Å². The zero-order chi connectivity index (χ0) is 40.3. The third-order valence-corrected chi connectivity index (χ3v) is 12.2. The maximum absolute atomic E-state index is 6.23. The molecule has 12 rings (SSSR count). The predicted molar refractivity (Wildman–Crippen MR) is 257 cm³/mol. The van der Waals surface area contributed by atoms with Crippen molar-refractivity contribution in [2.45, 2.75) is 0 Å². The molecule has 0 amide bonds. The summed E-state index contributed by atoms with van der Waals surface area (Å²) in [6.07, 6.45) is 0. The minimum Gasteiger partial charge on any atom is -0.456 e. The topological polar surface area (TPSA) is 21.3 Å². The first kappa shape index (κ1) is 34.9. The van der Waals surface area contributed by atoms with Crippen LogP contribution in [0.25, 0.3) is 93.6 Å². The Morgan fingerprint density at radius 1 is 0.311 bits per heavy atom. The Morgan fingerprint density at radius 3 is 1.52 bits per heavy atom. The Bertz CT molecular complexity index is 3540. The second-order valence-corrected chi connectivity index (χ2v) is 15.7. The van der Waals surface area contributed by atoms with Crippen molar-refractivity contribution < 1.29 is 4.42 Å². The van der Waals surface area contributed by atoms with Crippen LogP contribution in [0.15, 0.2) is 235 Å². The molecule has 0 saturated carbocycles. The molecule has 2 aromatic heterocycles. The van der Waals surface area contributed by atoms with E-state index in [9.17, 15) is 0 Å². The van der Waals surface area contributed by atoms with Gasteiger partial charge in [0.25, 0.3) is 0 Å². The summed E-state index contributed by atoms with van der Waals surface area (Å²) in [5.41, 5.74) is 15.7. The summed E-state index contributed by atoms with van der Waals surface area (Å²) in [6, 6.07) is 82.8. The molecule has 286 valence electrons. The zero-order valence-electron chi connectivity index (χ0n) is 33.2. The molecule has 0 saturated heterocycles. The van der Waals surface area contributed by atoms with E-state index in [1.807, 2.05) is 12.1 Å². The summed E-state index contributed by atoms with van der Waals surface area (Å²) in [7, 11) is 0. The maximum Gasteiger partial charge on any atom is 0.136 e. The highest BCUT2D eigenvalue weighted by atomic mass is 16.3. The van der Waals surface area contributed by atoms with Crippen LogP contribution >= 0.6 is 0 Å². The van der Waals surface area contributed by atoms with Gasteiger partial charge in [0.2, 0.25) is 0 Å². The number of benzene rings is 10. The Labute approximate surface area is 353 Å². The molecule has 0 radical (unpaired) electrons. The zero-order valence-corrected chi connectivity index (χ0v) is 33.2. The summed E-state index contributed by atoms with van der Waals surface area (Å²) in [4.78, 5) is 2.34. The number of hydrogen-bond acceptors (Lipinski definition) is 2. The first-order valence-electron chi connectivity index (χ1n) is 20.8. The average Bonchev–Trinajstić information content (AvgIpc) is 3.89. The lowest BCUT2D eigenvalue weighted by Crippen LogP contribution is -2.09. The van der Waals surface area contributed by atoms with Gasteiger partial charge < -0.3 is 13.9 Å². The van der Waals surface area contributed by atoms with Crippen molar-refractivity contribution >= 4 is 71.6 Å². The number of hydrogen-bond donors (Lipinski definition) is 0. The van der Waals surface area contributed by atoms with Crippen molar-refractivity contribution in [1.29, 1.82) is 0 Å². The van der Waals surface area contributed by atoms with Gasteiger partial charge in [-0.15, -0.1) is 0 Å². The third-order valence-electron chi connectivity index (χ3n) is 12.2. The Morgan fingerprint density at radius 2 is 0.836 bits per heavy atom. The van der Waals surface area contributed by atoms with E-state index in [0.29, 0.717) is 0 Å². The predicted octanol–water partition coefficient (Wildman–Crippen LogP) is 16.3. The summed E-state index contributed by atoms with van der Waals surface area (Å²) in [6.45, 7) is 0. The minimum absolute atomic E-state index is 0.901. The van der Waals surface area contributed by atoms with E-state index < -0.39 is 0 Å². The first-order chi connectivity index (χ1) is 30.2. The van der Waals surface area contributed by atoms with E-state index in [1.165, 1.54) is 54.8 Å². The molecule has 3 nitrogen and oxygen atoms in total. The van der Waals surface area contributed by atoms with E-state index in [4.69, 9.17) is 4.42 Å². The van der Waals surface area contributed by atoms with Gasteiger partial charge >= 0.3 is 0 Å². The second-order valence-electron chi connectivity index (χ2n) is 15.7. The van der Waals surface area contributed by atoms with Crippen molar-refractivity contribution in [2.24, 2.45) is 0 Å². The molecule has 10 aromatic carbocycles. The van der Waals surface area contributed by atoms with Crippen LogP contribution in [0.3, 0.4) is 0 Å². The molecule has 0 bridgehead atoms. The Balaban J connectivity index is 0.904. The lowest BCUT2D eigenvalue weighted by molar-refractivity contribution is 0.669. The molecule has 61 heavy (non-hydrogen) atoms. The van der Waals surface area contributed by atoms with E-state index in [1.54, 1.807) is 0 Å². The molecule has 0 unspecified atom stereocenters. The van der Waals surface area contributed by atoms with Crippen LogP contribution in [0.4, 0.5) is 17.1 Å². The number of para-hydroxylation sites is 2. The van der Waals surface area contributed by atoms with Gasteiger partial charge in [0, 0.05) is 44.3 Å². The van der Waals surface area contributed by atoms with Gasteiger partial charge in [0.05, 0.1) is 11.0 Å². The Kier molecular flexibility index (Phi) is 8.17. The highest BCUT2D eigenvalue weighted by Gasteiger charge is 2.18. The van der Waals surface area contributed by atoms with Crippen molar-refractivity contribution in [3.8, 4) is 39.1 Å². The largest absolute Gasteiger partial charge is 0.456 e. The number of rotatable bonds is 7. The third kappa shape index (κ3) is 5.90. The van der Waals surface area contributed by atoms with Gasteiger partial charge in [-0.05, 0) is 117 Å². The van der Waals surface area contributed by atoms with E-state index in [-0.39, 0.29) is 0 Å². The monoisotopic (exact) mass is 778 g/mol. The summed E-state index contributed by atoms with van der Waals surface area (Å²) in [5, 5.41) is 7.38. The molecule has 3 heteroatoms. The van der Waals surface area contributed by atoms with Crippen LogP contribution in [0, 0.1) is 0 Å². The molecular weight excluding hydrogens is 741 g/mol. The van der Waals surface area contributed by atoms with Crippen LogP contribution in [0.2, 0.25) is 0 Å². The fourth-order valence-corrected chi connectivity index (χ4v) is 9.31. The maximum atomic E-state index is 6.23. The standard InChI is InChI=1S/C58H38N2O/c1-2-11-39(12-3-1)40-21-30-45(31-22-40)59(47-36-27-44(28-37-47)50-17-10-20-56-58(50)52-16-7-9-19-55(52)61-56)46-32-23-41(24-33-46)42-25-34-48(35-26-42)60-53-18-8-6-15-51(53)57-49-14-5-4-13-43(49)29-38-54(57)60/h1-38H. The molecular formula is C58H38N2O. The molecule has 12 aromatic rings. The molecule has 2 heterocycles. The van der Waals surface area contributed by atoms with Crippen LogP contribution < -0.4 is 4.90 Å². The number of fused-ring (bicyclic) bond motifs is 8. The normalized spacial score (nSPS) is 11.6. The van der Waals surface area contributed by atoms with Crippen molar-refractivity contribution in [2.75, 3.05) is 4.90 Å². The molecule has 0 aliphatic heterocycles. The molecule has 0 aliphatic rings. The lowest BCUT2D eigenvalue weighted by atomic mass is 9.99. The molecule has 0 fully saturated rings. The smallest absolute Gasteiger partial charge is 0.136 e. The van der Waals surface area contributed by atoms with Crippen molar-refractivity contribution in [1.82, 2.24) is 4.57 Å². The number of furan rings is 1. The van der Waals surface area contributed by atoms with Gasteiger partial charge in [-0.3, -0.25) is 0 Å². The fraction of sp³-hybridized carbons (Fsp3) is 0. The van der Waals surface area contributed by atoms with Gasteiger partial charge in [-0.2, -0.15) is 0 Å². The minimum atomic E-state index is 0.901.